The van der Waals surface area contributed by atoms with E-state index in [-0.39, 0.29) is 0 Å². The molecule has 0 aliphatic carbocycles. The Kier molecular flexibility index (Phi) is 4.61. The Hall–Kier alpha value is -1.32. The average molecular weight is 320 g/mol. The smallest absolute Gasteiger partial charge is 0.128 e. The van der Waals surface area contributed by atoms with Gasteiger partial charge in [-0.2, -0.15) is 0 Å². The Balaban J connectivity index is 2.17. The third-order valence-corrected chi connectivity index (χ3v) is 4.20. The maximum absolute atomic E-state index is 5.89. The molecule has 0 saturated heterocycles. The minimum Gasteiger partial charge on any atom is -0.457 e. The van der Waals surface area contributed by atoms with Crippen molar-refractivity contribution in [1.29, 1.82) is 0 Å². The van der Waals surface area contributed by atoms with Gasteiger partial charge in [-0.3, -0.25) is 0 Å². The Labute approximate surface area is 122 Å². The normalized spacial score (nSPS) is 10.5. The second kappa shape index (κ2) is 6.22. The third-order valence-electron chi connectivity index (χ3n) is 2.95. The molecule has 2 nitrogen and oxygen atoms in total. The summed E-state index contributed by atoms with van der Waals surface area (Å²) in [5, 5.41) is 3.13. The highest BCUT2D eigenvalue weighted by molar-refractivity contribution is 9.10. The molecule has 19 heavy (non-hydrogen) atoms. The van der Waals surface area contributed by atoms with Crippen LogP contribution in [0.5, 0.6) is 11.5 Å². The fourth-order valence-corrected chi connectivity index (χ4v) is 2.21. The minimum atomic E-state index is 0.862. The van der Waals surface area contributed by atoms with Crippen LogP contribution in [0.2, 0.25) is 0 Å². The molecule has 0 spiro atoms. The number of hydrogen-bond donors (Lipinski definition) is 1. The van der Waals surface area contributed by atoms with E-state index in [0.29, 0.717) is 0 Å². The second-order valence-electron chi connectivity index (χ2n) is 4.65. The van der Waals surface area contributed by atoms with Crippen molar-refractivity contribution < 1.29 is 4.74 Å². The molecule has 0 fully saturated rings. The van der Waals surface area contributed by atoms with Gasteiger partial charge in [-0.1, -0.05) is 28.1 Å². The molecule has 2 rings (SSSR count). The summed E-state index contributed by atoms with van der Waals surface area (Å²) in [6.45, 7) is 5.01. The van der Waals surface area contributed by atoms with Gasteiger partial charge in [0.2, 0.25) is 0 Å². The number of aryl methyl sites for hydroxylation is 2. The summed E-state index contributed by atoms with van der Waals surface area (Å²) in [5.74, 6) is 1.74. The van der Waals surface area contributed by atoms with Crippen LogP contribution in [0.4, 0.5) is 0 Å². The summed E-state index contributed by atoms with van der Waals surface area (Å²) in [7, 11) is 1.94. The standard InChI is InChI=1S/C16H18BrNO/c1-11-8-15(9-12(2)16(11)17)19-14-6-4-13(5-7-14)10-18-3/h4-9,18H,10H2,1-3H3. The zero-order valence-corrected chi connectivity index (χ0v) is 13.0. The van der Waals surface area contributed by atoms with Crippen molar-refractivity contribution in [2.75, 3.05) is 7.05 Å². The van der Waals surface area contributed by atoms with Crippen LogP contribution in [0.25, 0.3) is 0 Å². The van der Waals surface area contributed by atoms with E-state index in [1.54, 1.807) is 0 Å². The lowest BCUT2D eigenvalue weighted by Crippen LogP contribution is -2.04. The lowest BCUT2D eigenvalue weighted by molar-refractivity contribution is 0.481. The first-order valence-corrected chi connectivity index (χ1v) is 7.07. The van der Waals surface area contributed by atoms with Crippen LogP contribution in [-0.2, 0) is 6.54 Å². The van der Waals surface area contributed by atoms with E-state index in [2.05, 4.69) is 47.2 Å². The summed E-state index contributed by atoms with van der Waals surface area (Å²) in [4.78, 5) is 0. The van der Waals surface area contributed by atoms with Gasteiger partial charge in [0, 0.05) is 11.0 Å². The molecular weight excluding hydrogens is 302 g/mol. The molecule has 0 unspecified atom stereocenters. The molecule has 0 atom stereocenters. The van der Waals surface area contributed by atoms with Crippen molar-refractivity contribution >= 4 is 15.9 Å². The fraction of sp³-hybridized carbons (Fsp3) is 0.250. The van der Waals surface area contributed by atoms with Gasteiger partial charge in [-0.25, -0.2) is 0 Å². The van der Waals surface area contributed by atoms with Gasteiger partial charge in [-0.15, -0.1) is 0 Å². The van der Waals surface area contributed by atoms with Gasteiger partial charge in [0.15, 0.2) is 0 Å². The summed E-state index contributed by atoms with van der Waals surface area (Å²) >= 11 is 3.56. The van der Waals surface area contributed by atoms with E-state index in [4.69, 9.17) is 4.74 Å². The summed E-state index contributed by atoms with van der Waals surface area (Å²) < 4.78 is 7.03. The van der Waals surface area contributed by atoms with E-state index in [1.165, 1.54) is 16.7 Å². The van der Waals surface area contributed by atoms with E-state index >= 15 is 0 Å². The van der Waals surface area contributed by atoms with E-state index in [0.717, 1.165) is 22.5 Å². The quantitative estimate of drug-likeness (QED) is 0.890. The number of rotatable bonds is 4. The SMILES string of the molecule is CNCc1ccc(Oc2cc(C)c(Br)c(C)c2)cc1. The summed E-state index contributed by atoms with van der Waals surface area (Å²) in [6, 6.07) is 12.2. The highest BCUT2D eigenvalue weighted by Gasteiger charge is 2.04. The Morgan fingerprint density at radius 3 is 2.11 bits per heavy atom. The molecule has 0 aromatic heterocycles. The molecule has 2 aromatic carbocycles. The van der Waals surface area contributed by atoms with Crippen LogP contribution in [0, 0.1) is 13.8 Å². The molecule has 0 aliphatic heterocycles. The van der Waals surface area contributed by atoms with Crippen molar-refractivity contribution in [3.8, 4) is 11.5 Å². The monoisotopic (exact) mass is 319 g/mol. The molecule has 2 aromatic rings. The highest BCUT2D eigenvalue weighted by atomic mass is 79.9. The lowest BCUT2D eigenvalue weighted by atomic mass is 10.1. The molecule has 0 amide bonds. The molecule has 100 valence electrons. The van der Waals surface area contributed by atoms with Gasteiger partial charge in [-0.05, 0) is 61.9 Å². The number of ether oxygens (including phenoxy) is 1. The zero-order chi connectivity index (χ0) is 13.8. The lowest BCUT2D eigenvalue weighted by Gasteiger charge is -2.10. The maximum atomic E-state index is 5.89. The largest absolute Gasteiger partial charge is 0.457 e. The van der Waals surface area contributed by atoms with Crippen LogP contribution in [0.3, 0.4) is 0 Å². The predicted octanol–water partition coefficient (Wildman–Crippen LogP) is 4.58. The van der Waals surface area contributed by atoms with Gasteiger partial charge in [0.05, 0.1) is 0 Å². The van der Waals surface area contributed by atoms with Crippen LogP contribution < -0.4 is 10.1 Å². The molecule has 3 heteroatoms. The maximum Gasteiger partial charge on any atom is 0.128 e. The van der Waals surface area contributed by atoms with Crippen molar-refractivity contribution in [3.63, 3.8) is 0 Å². The Morgan fingerprint density at radius 1 is 1.00 bits per heavy atom. The van der Waals surface area contributed by atoms with Crippen LogP contribution >= 0.6 is 15.9 Å². The first-order chi connectivity index (χ1) is 9.10. The van der Waals surface area contributed by atoms with Crippen molar-refractivity contribution in [1.82, 2.24) is 5.32 Å². The predicted molar refractivity (Wildman–Crippen MR) is 82.9 cm³/mol. The summed E-state index contributed by atoms with van der Waals surface area (Å²) in [6.07, 6.45) is 0. The number of halogens is 1. The van der Waals surface area contributed by atoms with Crippen molar-refractivity contribution in [2.24, 2.45) is 0 Å². The van der Waals surface area contributed by atoms with E-state index in [9.17, 15) is 0 Å². The molecule has 0 aliphatic rings. The first-order valence-electron chi connectivity index (χ1n) is 6.28. The topological polar surface area (TPSA) is 21.3 Å². The van der Waals surface area contributed by atoms with Crippen LogP contribution in [-0.4, -0.2) is 7.05 Å². The van der Waals surface area contributed by atoms with Gasteiger partial charge < -0.3 is 10.1 Å². The van der Waals surface area contributed by atoms with Gasteiger partial charge >= 0.3 is 0 Å². The van der Waals surface area contributed by atoms with Crippen LogP contribution in [0.1, 0.15) is 16.7 Å². The molecule has 0 radical (unpaired) electrons. The van der Waals surface area contributed by atoms with Gasteiger partial charge in [0.1, 0.15) is 11.5 Å². The van der Waals surface area contributed by atoms with Gasteiger partial charge in [0.25, 0.3) is 0 Å². The van der Waals surface area contributed by atoms with Crippen molar-refractivity contribution in [2.45, 2.75) is 20.4 Å². The first kappa shape index (κ1) is 14.1. The average Bonchev–Trinajstić information content (AvgIpc) is 2.38. The molecular formula is C16H18BrNO. The molecule has 1 N–H and O–H groups in total. The molecule has 0 heterocycles. The van der Waals surface area contributed by atoms with Crippen LogP contribution in [0.15, 0.2) is 40.9 Å². The Morgan fingerprint density at radius 2 is 1.58 bits per heavy atom. The summed E-state index contributed by atoms with van der Waals surface area (Å²) in [5.41, 5.74) is 3.61. The number of nitrogens with one attached hydrogen (secondary N) is 1. The second-order valence-corrected chi connectivity index (χ2v) is 5.44. The zero-order valence-electron chi connectivity index (χ0n) is 11.5. The van der Waals surface area contributed by atoms with Crippen molar-refractivity contribution in [3.05, 3.63) is 57.6 Å². The fourth-order valence-electron chi connectivity index (χ4n) is 1.98. The Bertz CT molecular complexity index is 540. The minimum absolute atomic E-state index is 0.862. The number of benzene rings is 2. The highest BCUT2D eigenvalue weighted by Crippen LogP contribution is 2.29. The van der Waals surface area contributed by atoms with E-state index in [1.807, 2.05) is 31.3 Å². The number of hydrogen-bond acceptors (Lipinski definition) is 2. The third kappa shape index (κ3) is 3.58. The molecule has 0 bridgehead atoms. The van der Waals surface area contributed by atoms with E-state index < -0.39 is 0 Å². The molecule has 0 saturated carbocycles.